The number of pyridine rings is 1. The number of aromatic amines is 1. The Kier molecular flexibility index (Phi) is 3.18. The molecule has 0 aromatic carbocycles. The zero-order valence-electron chi connectivity index (χ0n) is 6.95. The molecule has 0 fully saturated rings. The van der Waals surface area contributed by atoms with Crippen LogP contribution in [0.25, 0.3) is 10.9 Å². The average molecular weight is 216 g/mol. The number of H-pyrrole nitrogens is 1. The largest absolute Gasteiger partial charge is 0.394 e. The Morgan fingerprint density at radius 2 is 1.93 bits per heavy atom. The third kappa shape index (κ3) is 3.99. The summed E-state index contributed by atoms with van der Waals surface area (Å²) in [6.07, 6.45) is 5.51. The Hall–Kier alpha value is -1.44. The van der Waals surface area contributed by atoms with E-state index in [1.807, 2.05) is 24.5 Å². The van der Waals surface area contributed by atoms with E-state index in [2.05, 4.69) is 9.97 Å². The van der Waals surface area contributed by atoms with Crippen molar-refractivity contribution in [3.63, 3.8) is 0 Å². The van der Waals surface area contributed by atoms with E-state index in [-0.39, 0.29) is 0 Å². The van der Waals surface area contributed by atoms with Crippen LogP contribution < -0.4 is 0 Å². The van der Waals surface area contributed by atoms with Crippen molar-refractivity contribution in [2.45, 2.75) is 0 Å². The number of nitrogens with zero attached hydrogens (tertiary/aromatic N) is 1. The molecule has 0 saturated carbocycles. The van der Waals surface area contributed by atoms with Crippen molar-refractivity contribution in [2.24, 2.45) is 0 Å². The van der Waals surface area contributed by atoms with E-state index in [1.54, 1.807) is 6.20 Å². The molecule has 0 aliphatic rings. The van der Waals surface area contributed by atoms with E-state index in [9.17, 15) is 0 Å². The lowest BCUT2D eigenvalue weighted by Crippen LogP contribution is -1.89. The van der Waals surface area contributed by atoms with Gasteiger partial charge < -0.3 is 4.98 Å². The van der Waals surface area contributed by atoms with Crippen LogP contribution in [0.2, 0.25) is 0 Å². The second kappa shape index (κ2) is 4.18. The molecular weight excluding hydrogens is 208 g/mol. The van der Waals surface area contributed by atoms with Crippen LogP contribution in [0.1, 0.15) is 0 Å². The second-order valence-corrected chi connectivity index (χ2v) is 3.28. The van der Waals surface area contributed by atoms with E-state index in [4.69, 9.17) is 17.5 Å². The second-order valence-electron chi connectivity index (χ2n) is 2.39. The molecule has 0 unspecified atom stereocenters. The van der Waals surface area contributed by atoms with Gasteiger partial charge in [0.05, 0.1) is 11.7 Å². The maximum atomic E-state index is 8.74. The van der Waals surface area contributed by atoms with Crippen molar-refractivity contribution in [2.75, 3.05) is 0 Å². The predicted molar refractivity (Wildman–Crippen MR) is 50.3 cm³/mol. The summed E-state index contributed by atoms with van der Waals surface area (Å²) in [5.41, 5.74) is 1.09. The van der Waals surface area contributed by atoms with Crippen LogP contribution >= 0.6 is 0 Å². The lowest BCUT2D eigenvalue weighted by molar-refractivity contribution is 0.381. The van der Waals surface area contributed by atoms with Gasteiger partial charge in [-0.2, -0.15) is 8.42 Å². The van der Waals surface area contributed by atoms with Crippen LogP contribution in [0.4, 0.5) is 0 Å². The molecule has 0 amide bonds. The van der Waals surface area contributed by atoms with Crippen LogP contribution in [0.5, 0.6) is 0 Å². The molecule has 0 atom stereocenters. The Morgan fingerprint density at radius 3 is 2.50 bits per heavy atom. The maximum absolute atomic E-state index is 8.74. The predicted octanol–water partition coefficient (Wildman–Crippen LogP) is 0.910. The molecule has 0 radical (unpaired) electrons. The molecule has 0 spiro atoms. The molecule has 14 heavy (non-hydrogen) atoms. The lowest BCUT2D eigenvalue weighted by atomic mass is 10.3. The summed E-state index contributed by atoms with van der Waals surface area (Å²) >= 11 is 0. The first kappa shape index (κ1) is 10.6. The molecule has 2 aromatic heterocycles. The topological polar surface area (TPSA) is 103 Å². The first-order valence-corrected chi connectivity index (χ1v) is 4.93. The minimum Gasteiger partial charge on any atom is -0.360 e. The molecule has 76 valence electrons. The van der Waals surface area contributed by atoms with Crippen molar-refractivity contribution in [3.8, 4) is 0 Å². The smallest absolute Gasteiger partial charge is 0.360 e. The molecule has 3 N–H and O–H groups in total. The van der Waals surface area contributed by atoms with E-state index < -0.39 is 10.4 Å². The normalized spacial score (nSPS) is 10.7. The number of fused-ring (bicyclic) bond motifs is 1. The van der Waals surface area contributed by atoms with Crippen molar-refractivity contribution in [3.05, 3.63) is 30.7 Å². The highest BCUT2D eigenvalue weighted by molar-refractivity contribution is 7.79. The Labute approximate surface area is 80.2 Å². The molecule has 0 aliphatic heterocycles. The molecule has 2 heterocycles. The fourth-order valence-electron chi connectivity index (χ4n) is 0.892. The van der Waals surface area contributed by atoms with Gasteiger partial charge in [0.1, 0.15) is 0 Å². The molecule has 2 rings (SSSR count). The van der Waals surface area contributed by atoms with Crippen molar-refractivity contribution in [1.82, 2.24) is 9.97 Å². The zero-order valence-corrected chi connectivity index (χ0v) is 7.77. The number of aromatic nitrogens is 2. The van der Waals surface area contributed by atoms with Crippen LogP contribution in [-0.2, 0) is 10.4 Å². The SMILES string of the molecule is O=S(=O)(O)O.c1cc2cc[nH]c2cn1. The van der Waals surface area contributed by atoms with E-state index in [0.29, 0.717) is 0 Å². The summed E-state index contributed by atoms with van der Waals surface area (Å²) < 4.78 is 31.6. The van der Waals surface area contributed by atoms with Gasteiger partial charge in [-0.25, -0.2) is 0 Å². The van der Waals surface area contributed by atoms with Gasteiger partial charge >= 0.3 is 10.4 Å². The molecular formula is C7H8N2O4S. The van der Waals surface area contributed by atoms with Crippen LogP contribution in [0, 0.1) is 0 Å². The van der Waals surface area contributed by atoms with E-state index in [0.717, 1.165) is 5.52 Å². The molecule has 0 saturated heterocycles. The molecule has 0 bridgehead atoms. The van der Waals surface area contributed by atoms with E-state index >= 15 is 0 Å². The van der Waals surface area contributed by atoms with E-state index in [1.165, 1.54) is 5.39 Å². The number of rotatable bonds is 0. The summed E-state index contributed by atoms with van der Waals surface area (Å²) in [7, 11) is -4.67. The molecule has 0 aliphatic carbocycles. The Morgan fingerprint density at radius 1 is 1.29 bits per heavy atom. The third-order valence-corrected chi connectivity index (χ3v) is 1.36. The standard InChI is InChI=1S/C7H6N2.H2O4S/c1-3-8-5-7-6(1)2-4-9-7;1-5(2,3)4/h1-5,9H;(H2,1,2,3,4). The highest BCUT2D eigenvalue weighted by Gasteiger charge is 1.87. The van der Waals surface area contributed by atoms with Crippen LogP contribution in [0.15, 0.2) is 30.7 Å². The minimum atomic E-state index is -4.67. The van der Waals surface area contributed by atoms with Crippen molar-refractivity contribution < 1.29 is 17.5 Å². The number of hydrogen-bond acceptors (Lipinski definition) is 3. The number of nitrogens with one attached hydrogen (secondary N) is 1. The molecule has 7 heteroatoms. The summed E-state index contributed by atoms with van der Waals surface area (Å²) in [6, 6.07) is 4.00. The van der Waals surface area contributed by atoms with Crippen molar-refractivity contribution >= 4 is 21.3 Å². The van der Waals surface area contributed by atoms with Crippen LogP contribution in [0.3, 0.4) is 0 Å². The monoisotopic (exact) mass is 216 g/mol. The van der Waals surface area contributed by atoms with Gasteiger partial charge in [0, 0.05) is 17.8 Å². The van der Waals surface area contributed by atoms with Gasteiger partial charge in [-0.3, -0.25) is 14.1 Å². The first-order chi connectivity index (χ1) is 6.47. The lowest BCUT2D eigenvalue weighted by Gasteiger charge is -1.82. The highest BCUT2D eigenvalue weighted by Crippen LogP contribution is 2.07. The van der Waals surface area contributed by atoms with Gasteiger partial charge in [-0.05, 0) is 12.1 Å². The average Bonchev–Trinajstić information content (AvgIpc) is 2.47. The first-order valence-electron chi connectivity index (χ1n) is 3.54. The van der Waals surface area contributed by atoms with Gasteiger partial charge in [-0.15, -0.1) is 0 Å². The molecule has 2 aromatic rings. The fourth-order valence-corrected chi connectivity index (χ4v) is 0.892. The van der Waals surface area contributed by atoms with Gasteiger partial charge in [0.15, 0.2) is 0 Å². The summed E-state index contributed by atoms with van der Waals surface area (Å²) in [5, 5.41) is 1.21. The fraction of sp³-hybridized carbons (Fsp3) is 0. The summed E-state index contributed by atoms with van der Waals surface area (Å²) in [5.74, 6) is 0. The number of hydrogen-bond donors (Lipinski definition) is 3. The van der Waals surface area contributed by atoms with Gasteiger partial charge in [0.25, 0.3) is 0 Å². The maximum Gasteiger partial charge on any atom is 0.394 e. The van der Waals surface area contributed by atoms with Gasteiger partial charge in [0.2, 0.25) is 0 Å². The quantitative estimate of drug-likeness (QED) is 0.568. The summed E-state index contributed by atoms with van der Waals surface area (Å²) in [6.45, 7) is 0. The minimum absolute atomic E-state index is 1.09. The zero-order chi connectivity index (χ0) is 10.6. The van der Waals surface area contributed by atoms with Crippen LogP contribution in [-0.4, -0.2) is 27.5 Å². The Balaban J connectivity index is 0.000000171. The molecule has 6 nitrogen and oxygen atoms in total. The third-order valence-electron chi connectivity index (χ3n) is 1.36. The highest BCUT2D eigenvalue weighted by atomic mass is 32.3. The summed E-state index contributed by atoms with van der Waals surface area (Å²) in [4.78, 5) is 7.01. The van der Waals surface area contributed by atoms with Gasteiger partial charge in [-0.1, -0.05) is 0 Å². The van der Waals surface area contributed by atoms with Crippen molar-refractivity contribution in [1.29, 1.82) is 0 Å². The Bertz CT molecular complexity index is 467.